The monoisotopic (exact) mass is 331 g/mol. The van der Waals surface area contributed by atoms with Crippen molar-refractivity contribution >= 4 is 11.5 Å². The number of amidine groups is 1. The lowest BCUT2D eigenvalue weighted by Crippen LogP contribution is -2.66. The zero-order chi connectivity index (χ0) is 16.8. The van der Waals surface area contributed by atoms with E-state index in [1.54, 1.807) is 0 Å². The van der Waals surface area contributed by atoms with E-state index in [9.17, 15) is 17.6 Å². The SMILES string of the molecule is CN=C1COC(C(F)(F)F)C(c2cc(N)ccc2F)(C2CC2)N1. The normalized spacial score (nSPS) is 30.3. The van der Waals surface area contributed by atoms with Crippen LogP contribution in [-0.4, -0.2) is 31.8 Å². The van der Waals surface area contributed by atoms with Crippen LogP contribution in [0.3, 0.4) is 0 Å². The highest BCUT2D eigenvalue weighted by molar-refractivity contribution is 5.85. The highest BCUT2D eigenvalue weighted by Crippen LogP contribution is 2.53. The van der Waals surface area contributed by atoms with E-state index in [1.807, 2.05) is 0 Å². The first-order valence-electron chi connectivity index (χ1n) is 7.26. The number of morpholine rings is 1. The largest absolute Gasteiger partial charge is 0.417 e. The van der Waals surface area contributed by atoms with E-state index >= 15 is 0 Å². The summed E-state index contributed by atoms with van der Waals surface area (Å²) >= 11 is 0. The summed E-state index contributed by atoms with van der Waals surface area (Å²) < 4.78 is 60.4. The van der Waals surface area contributed by atoms with Crippen LogP contribution in [-0.2, 0) is 10.3 Å². The molecular weight excluding hydrogens is 314 g/mol. The van der Waals surface area contributed by atoms with Crippen molar-refractivity contribution in [3.63, 3.8) is 0 Å². The Hall–Kier alpha value is -1.83. The molecule has 3 N–H and O–H groups in total. The van der Waals surface area contributed by atoms with Crippen molar-refractivity contribution in [2.45, 2.75) is 30.7 Å². The van der Waals surface area contributed by atoms with Crippen LogP contribution in [0.25, 0.3) is 0 Å². The van der Waals surface area contributed by atoms with Gasteiger partial charge in [-0.15, -0.1) is 0 Å². The number of alkyl halides is 3. The van der Waals surface area contributed by atoms with E-state index in [2.05, 4.69) is 10.3 Å². The molecule has 1 aromatic rings. The number of aliphatic imine (C=N–C) groups is 1. The molecule has 0 radical (unpaired) electrons. The van der Waals surface area contributed by atoms with Crippen molar-refractivity contribution < 1.29 is 22.3 Å². The van der Waals surface area contributed by atoms with E-state index in [0.717, 1.165) is 6.07 Å². The van der Waals surface area contributed by atoms with Gasteiger partial charge in [0, 0.05) is 18.3 Å². The van der Waals surface area contributed by atoms with E-state index < -0.39 is 29.6 Å². The maximum atomic E-state index is 14.4. The Balaban J connectivity index is 2.21. The summed E-state index contributed by atoms with van der Waals surface area (Å²) in [5.41, 5.74) is 4.02. The average molecular weight is 331 g/mol. The van der Waals surface area contributed by atoms with Crippen LogP contribution in [0.4, 0.5) is 23.2 Å². The lowest BCUT2D eigenvalue weighted by molar-refractivity contribution is -0.249. The minimum atomic E-state index is -4.65. The Bertz CT molecular complexity index is 642. The first-order valence-corrected chi connectivity index (χ1v) is 7.26. The summed E-state index contributed by atoms with van der Waals surface area (Å²) in [6.07, 6.45) is -5.71. The highest BCUT2D eigenvalue weighted by Gasteiger charge is 2.64. The van der Waals surface area contributed by atoms with Gasteiger partial charge < -0.3 is 15.8 Å². The number of nitrogens with two attached hydrogens (primary N) is 1. The van der Waals surface area contributed by atoms with Gasteiger partial charge in [0.05, 0.1) is 0 Å². The molecule has 1 saturated heterocycles. The summed E-state index contributed by atoms with van der Waals surface area (Å²) in [6, 6.07) is 3.66. The highest BCUT2D eigenvalue weighted by atomic mass is 19.4. The van der Waals surface area contributed by atoms with Crippen LogP contribution in [0, 0.1) is 11.7 Å². The van der Waals surface area contributed by atoms with E-state index in [1.165, 1.54) is 19.2 Å². The Morgan fingerprint density at radius 3 is 2.61 bits per heavy atom. The Kier molecular flexibility index (Phi) is 3.74. The lowest BCUT2D eigenvalue weighted by atomic mass is 9.77. The van der Waals surface area contributed by atoms with E-state index in [-0.39, 0.29) is 23.7 Å². The quantitative estimate of drug-likeness (QED) is 0.647. The summed E-state index contributed by atoms with van der Waals surface area (Å²) in [5, 5.41) is 2.83. The average Bonchev–Trinajstić information content (AvgIpc) is 3.33. The molecule has 0 aromatic heterocycles. The molecule has 4 nitrogen and oxygen atoms in total. The molecule has 1 aliphatic carbocycles. The molecule has 3 rings (SSSR count). The molecule has 23 heavy (non-hydrogen) atoms. The maximum Gasteiger partial charge on any atom is 0.417 e. The topological polar surface area (TPSA) is 59.6 Å². The summed E-state index contributed by atoms with van der Waals surface area (Å²) in [5.74, 6) is -0.879. The number of halogens is 4. The molecule has 8 heteroatoms. The van der Waals surface area contributed by atoms with Crippen LogP contribution in [0.2, 0.25) is 0 Å². The smallest absolute Gasteiger partial charge is 0.399 e. The third kappa shape index (κ3) is 2.65. The van der Waals surface area contributed by atoms with Crippen molar-refractivity contribution in [3.8, 4) is 0 Å². The summed E-state index contributed by atoms with van der Waals surface area (Å²) in [6.45, 7) is -0.293. The zero-order valence-corrected chi connectivity index (χ0v) is 12.5. The predicted molar refractivity (Wildman–Crippen MR) is 77.5 cm³/mol. The number of benzene rings is 1. The molecule has 1 aliphatic heterocycles. The summed E-state index contributed by atoms with van der Waals surface area (Å²) in [4.78, 5) is 3.91. The van der Waals surface area contributed by atoms with Crippen molar-refractivity contribution in [1.29, 1.82) is 0 Å². The number of ether oxygens (including phenoxy) is 1. The Morgan fingerprint density at radius 2 is 2.04 bits per heavy atom. The molecule has 1 saturated carbocycles. The number of nitrogen functional groups attached to an aromatic ring is 1. The lowest BCUT2D eigenvalue weighted by Gasteiger charge is -2.47. The van der Waals surface area contributed by atoms with Gasteiger partial charge in [0.25, 0.3) is 0 Å². The summed E-state index contributed by atoms with van der Waals surface area (Å²) in [7, 11) is 1.45. The van der Waals surface area contributed by atoms with Crippen molar-refractivity contribution in [3.05, 3.63) is 29.6 Å². The number of anilines is 1. The van der Waals surface area contributed by atoms with Gasteiger partial charge in [0.1, 0.15) is 23.8 Å². The van der Waals surface area contributed by atoms with Gasteiger partial charge in [-0.25, -0.2) is 4.39 Å². The standard InChI is InChI=1S/C15H17F4N3O/c1-21-12-7-23-13(15(17,18)19)14(22-12,8-2-3-8)10-6-9(20)4-5-11(10)16/h4-6,8,13H,2-3,7,20H2,1H3,(H,21,22). The fourth-order valence-corrected chi connectivity index (χ4v) is 3.25. The first kappa shape index (κ1) is 16.0. The molecule has 2 fully saturated rings. The molecule has 0 amide bonds. The minimum absolute atomic E-state index is 0.122. The van der Waals surface area contributed by atoms with Crippen LogP contribution in [0.1, 0.15) is 18.4 Å². The first-order chi connectivity index (χ1) is 10.8. The van der Waals surface area contributed by atoms with Crippen molar-refractivity contribution in [2.75, 3.05) is 19.4 Å². The molecule has 1 aromatic carbocycles. The van der Waals surface area contributed by atoms with Crippen LogP contribution in [0.5, 0.6) is 0 Å². The molecular formula is C15H17F4N3O. The second-order valence-corrected chi connectivity index (χ2v) is 5.91. The zero-order valence-electron chi connectivity index (χ0n) is 12.5. The molecule has 126 valence electrons. The van der Waals surface area contributed by atoms with Gasteiger partial charge >= 0.3 is 6.18 Å². The Labute approximate surface area is 130 Å². The molecule has 1 heterocycles. The van der Waals surface area contributed by atoms with Crippen LogP contribution < -0.4 is 11.1 Å². The van der Waals surface area contributed by atoms with E-state index in [0.29, 0.717) is 12.8 Å². The molecule has 2 aliphatic rings. The maximum absolute atomic E-state index is 14.4. The second-order valence-electron chi connectivity index (χ2n) is 5.91. The van der Waals surface area contributed by atoms with Gasteiger partial charge in [-0.3, -0.25) is 4.99 Å². The van der Waals surface area contributed by atoms with Crippen LogP contribution >= 0.6 is 0 Å². The van der Waals surface area contributed by atoms with Gasteiger partial charge in [-0.2, -0.15) is 13.2 Å². The molecule has 0 spiro atoms. The third-order valence-electron chi connectivity index (χ3n) is 4.38. The fourth-order valence-electron chi connectivity index (χ4n) is 3.25. The molecule has 0 bridgehead atoms. The second kappa shape index (κ2) is 5.36. The van der Waals surface area contributed by atoms with Crippen molar-refractivity contribution in [1.82, 2.24) is 5.32 Å². The number of hydrogen-bond acceptors (Lipinski definition) is 3. The number of nitrogens with one attached hydrogen (secondary N) is 1. The fraction of sp³-hybridized carbons (Fsp3) is 0.533. The minimum Gasteiger partial charge on any atom is -0.399 e. The Morgan fingerprint density at radius 1 is 1.35 bits per heavy atom. The van der Waals surface area contributed by atoms with Gasteiger partial charge in [-0.05, 0) is 37.0 Å². The van der Waals surface area contributed by atoms with Gasteiger partial charge in [0.2, 0.25) is 0 Å². The van der Waals surface area contributed by atoms with Gasteiger partial charge in [0.15, 0.2) is 6.10 Å². The number of hydrogen-bond donors (Lipinski definition) is 2. The molecule has 2 atom stereocenters. The molecule has 2 unspecified atom stereocenters. The number of nitrogens with zero attached hydrogens (tertiary/aromatic N) is 1. The van der Waals surface area contributed by atoms with Crippen molar-refractivity contribution in [2.24, 2.45) is 10.9 Å². The number of rotatable bonds is 2. The van der Waals surface area contributed by atoms with Crippen LogP contribution in [0.15, 0.2) is 23.2 Å². The third-order valence-corrected chi connectivity index (χ3v) is 4.38. The predicted octanol–water partition coefficient (Wildman–Crippen LogP) is 2.59. The van der Waals surface area contributed by atoms with Gasteiger partial charge in [-0.1, -0.05) is 0 Å². The van der Waals surface area contributed by atoms with E-state index in [4.69, 9.17) is 10.5 Å².